The van der Waals surface area contributed by atoms with Gasteiger partial charge in [-0.2, -0.15) is 0 Å². The fourth-order valence-electron chi connectivity index (χ4n) is 3.23. The van der Waals surface area contributed by atoms with E-state index in [-0.39, 0.29) is 25.6 Å². The molecule has 0 radical (unpaired) electrons. The highest BCUT2D eigenvalue weighted by molar-refractivity contribution is 5.86. The summed E-state index contributed by atoms with van der Waals surface area (Å²) in [6.45, 7) is 1.44. The van der Waals surface area contributed by atoms with Crippen LogP contribution in [0.1, 0.15) is 24.8 Å². The van der Waals surface area contributed by atoms with Crippen LogP contribution in [0.15, 0.2) is 18.2 Å². The Kier molecular flexibility index (Phi) is 6.75. The van der Waals surface area contributed by atoms with Crippen molar-refractivity contribution in [1.29, 1.82) is 0 Å². The van der Waals surface area contributed by atoms with E-state index >= 15 is 0 Å². The molecule has 1 aliphatic rings. The van der Waals surface area contributed by atoms with Gasteiger partial charge in [0.05, 0.1) is 7.11 Å². The number of carbonyl (C=O) groups is 1. The molecule has 0 unspecified atom stereocenters. The zero-order chi connectivity index (χ0) is 18.4. The standard InChI is InChI=1S/C18H27FN2O4/c1-20(8-4-10-22)13-18(24)7-3-9-21(17(18)23)12-14-11-15(25-2)5-6-16(14)19/h5-6,11,22,24H,3-4,7-10,12-13H2,1-2H3/t18-/m1/s1. The zero-order valence-corrected chi connectivity index (χ0v) is 14.9. The van der Waals surface area contributed by atoms with Crippen LogP contribution >= 0.6 is 0 Å². The van der Waals surface area contributed by atoms with Crippen LogP contribution in [-0.2, 0) is 11.3 Å². The van der Waals surface area contributed by atoms with Crippen LogP contribution in [0.3, 0.4) is 0 Å². The molecule has 1 atom stereocenters. The van der Waals surface area contributed by atoms with Crippen molar-refractivity contribution < 1.29 is 24.1 Å². The Bertz CT molecular complexity index is 598. The molecule has 0 spiro atoms. The quantitative estimate of drug-likeness (QED) is 0.729. The van der Waals surface area contributed by atoms with Crippen LogP contribution in [0.2, 0.25) is 0 Å². The van der Waals surface area contributed by atoms with Gasteiger partial charge < -0.3 is 24.7 Å². The Morgan fingerprint density at radius 3 is 2.88 bits per heavy atom. The lowest BCUT2D eigenvalue weighted by Crippen LogP contribution is -2.58. The van der Waals surface area contributed by atoms with E-state index in [4.69, 9.17) is 9.84 Å². The highest BCUT2D eigenvalue weighted by atomic mass is 19.1. The van der Waals surface area contributed by atoms with Crippen LogP contribution in [0.4, 0.5) is 4.39 Å². The van der Waals surface area contributed by atoms with E-state index in [1.807, 2.05) is 11.9 Å². The lowest BCUT2D eigenvalue weighted by molar-refractivity contribution is -0.159. The minimum Gasteiger partial charge on any atom is -0.497 e. The summed E-state index contributed by atoms with van der Waals surface area (Å²) >= 11 is 0. The second-order valence-corrected chi connectivity index (χ2v) is 6.63. The highest BCUT2D eigenvalue weighted by Gasteiger charge is 2.42. The minimum absolute atomic E-state index is 0.0674. The van der Waals surface area contributed by atoms with Gasteiger partial charge in [0.15, 0.2) is 5.60 Å². The molecule has 0 aromatic heterocycles. The number of aliphatic hydroxyl groups excluding tert-OH is 1. The Morgan fingerprint density at radius 1 is 1.44 bits per heavy atom. The molecule has 2 rings (SSSR count). The van der Waals surface area contributed by atoms with E-state index in [1.54, 1.807) is 6.07 Å². The molecule has 1 heterocycles. The number of piperidine rings is 1. The third-order valence-corrected chi connectivity index (χ3v) is 4.55. The van der Waals surface area contributed by atoms with E-state index in [0.717, 1.165) is 0 Å². The molecular weight excluding hydrogens is 327 g/mol. The summed E-state index contributed by atoms with van der Waals surface area (Å²) in [7, 11) is 3.31. The maximum Gasteiger partial charge on any atom is 0.256 e. The molecule has 140 valence electrons. The SMILES string of the molecule is COc1ccc(F)c(CN2CCC[C@@](O)(CN(C)CCCO)C2=O)c1. The summed E-state index contributed by atoms with van der Waals surface area (Å²) in [6.07, 6.45) is 1.62. The van der Waals surface area contributed by atoms with Crippen molar-refractivity contribution >= 4 is 5.91 Å². The number of hydrogen-bond acceptors (Lipinski definition) is 5. The van der Waals surface area contributed by atoms with Gasteiger partial charge in [0.2, 0.25) is 0 Å². The predicted molar refractivity (Wildman–Crippen MR) is 91.8 cm³/mol. The van der Waals surface area contributed by atoms with Crippen LogP contribution in [0, 0.1) is 5.82 Å². The largest absolute Gasteiger partial charge is 0.497 e. The fraction of sp³-hybridized carbons (Fsp3) is 0.611. The van der Waals surface area contributed by atoms with Gasteiger partial charge in [-0.05, 0) is 44.5 Å². The number of halogens is 1. The number of ether oxygens (including phenoxy) is 1. The van der Waals surface area contributed by atoms with Crippen LogP contribution in [-0.4, -0.2) is 71.9 Å². The van der Waals surface area contributed by atoms with E-state index in [0.29, 0.717) is 43.7 Å². The van der Waals surface area contributed by atoms with Crippen molar-refractivity contribution in [3.8, 4) is 5.75 Å². The number of nitrogens with zero attached hydrogens (tertiary/aromatic N) is 2. The van der Waals surface area contributed by atoms with Crippen LogP contribution < -0.4 is 4.74 Å². The lowest BCUT2D eigenvalue weighted by atomic mass is 9.90. The molecule has 1 aromatic rings. The summed E-state index contributed by atoms with van der Waals surface area (Å²) in [5, 5.41) is 19.7. The minimum atomic E-state index is -1.47. The average Bonchev–Trinajstić information content (AvgIpc) is 2.59. The van der Waals surface area contributed by atoms with E-state index in [2.05, 4.69) is 0 Å². The molecule has 1 amide bonds. The van der Waals surface area contributed by atoms with Gasteiger partial charge in [0.1, 0.15) is 11.6 Å². The normalized spacial score (nSPS) is 21.0. The first-order chi connectivity index (χ1) is 11.9. The summed E-state index contributed by atoms with van der Waals surface area (Å²) in [5.74, 6) is -0.251. The van der Waals surface area contributed by atoms with Crippen molar-refractivity contribution in [1.82, 2.24) is 9.80 Å². The van der Waals surface area contributed by atoms with Gasteiger partial charge in [-0.15, -0.1) is 0 Å². The number of aliphatic hydroxyl groups is 2. The van der Waals surface area contributed by atoms with E-state index in [9.17, 15) is 14.3 Å². The first kappa shape index (κ1) is 19.6. The Morgan fingerprint density at radius 2 is 2.20 bits per heavy atom. The first-order valence-electron chi connectivity index (χ1n) is 8.53. The van der Waals surface area contributed by atoms with Crippen molar-refractivity contribution in [3.05, 3.63) is 29.6 Å². The number of rotatable bonds is 8. The molecule has 1 saturated heterocycles. The van der Waals surface area contributed by atoms with Crippen molar-refractivity contribution in [2.75, 3.05) is 40.4 Å². The molecular formula is C18H27FN2O4. The molecule has 25 heavy (non-hydrogen) atoms. The number of carbonyl (C=O) groups excluding carboxylic acids is 1. The molecule has 1 aliphatic heterocycles. The third kappa shape index (κ3) is 4.90. The summed E-state index contributed by atoms with van der Waals surface area (Å²) in [4.78, 5) is 16.1. The van der Waals surface area contributed by atoms with E-state index in [1.165, 1.54) is 24.1 Å². The predicted octanol–water partition coefficient (Wildman–Crippen LogP) is 1.00. The number of hydrogen-bond donors (Lipinski definition) is 2. The van der Waals surface area contributed by atoms with Gasteiger partial charge in [-0.1, -0.05) is 0 Å². The molecule has 0 bridgehead atoms. The highest BCUT2D eigenvalue weighted by Crippen LogP contribution is 2.26. The second-order valence-electron chi connectivity index (χ2n) is 6.63. The maximum atomic E-state index is 14.0. The number of likely N-dealkylation sites (tertiary alicyclic amines) is 1. The number of methoxy groups -OCH3 is 1. The topological polar surface area (TPSA) is 73.2 Å². The monoisotopic (exact) mass is 354 g/mol. The molecule has 1 fully saturated rings. The van der Waals surface area contributed by atoms with Crippen molar-refractivity contribution in [2.45, 2.75) is 31.4 Å². The Balaban J connectivity index is 2.08. The van der Waals surface area contributed by atoms with Crippen LogP contribution in [0.5, 0.6) is 5.75 Å². The zero-order valence-electron chi connectivity index (χ0n) is 14.9. The van der Waals surface area contributed by atoms with Gasteiger partial charge in [0.25, 0.3) is 5.91 Å². The summed E-state index contributed by atoms with van der Waals surface area (Å²) in [6, 6.07) is 4.42. The molecule has 1 aromatic carbocycles. The Labute approximate surface area is 147 Å². The third-order valence-electron chi connectivity index (χ3n) is 4.55. The van der Waals surface area contributed by atoms with Gasteiger partial charge in [-0.25, -0.2) is 4.39 Å². The molecule has 7 heteroatoms. The number of amides is 1. The fourth-order valence-corrected chi connectivity index (χ4v) is 3.23. The van der Waals surface area contributed by atoms with Crippen LogP contribution in [0.25, 0.3) is 0 Å². The first-order valence-corrected chi connectivity index (χ1v) is 8.53. The van der Waals surface area contributed by atoms with Crippen molar-refractivity contribution in [2.24, 2.45) is 0 Å². The van der Waals surface area contributed by atoms with Gasteiger partial charge in [-0.3, -0.25) is 4.79 Å². The number of benzene rings is 1. The molecule has 0 aliphatic carbocycles. The summed E-state index contributed by atoms with van der Waals surface area (Å²) < 4.78 is 19.2. The van der Waals surface area contributed by atoms with E-state index < -0.39 is 11.4 Å². The number of likely N-dealkylation sites (N-methyl/N-ethyl adjacent to an activating group) is 1. The van der Waals surface area contributed by atoms with Gasteiger partial charge in [0, 0.05) is 38.3 Å². The molecule has 2 N–H and O–H groups in total. The average molecular weight is 354 g/mol. The Hall–Kier alpha value is -1.70. The van der Waals surface area contributed by atoms with Gasteiger partial charge >= 0.3 is 0 Å². The van der Waals surface area contributed by atoms with Crippen molar-refractivity contribution in [3.63, 3.8) is 0 Å². The lowest BCUT2D eigenvalue weighted by Gasteiger charge is -2.40. The maximum absolute atomic E-state index is 14.0. The summed E-state index contributed by atoms with van der Waals surface area (Å²) in [5.41, 5.74) is -1.11. The molecule has 6 nitrogen and oxygen atoms in total. The smallest absolute Gasteiger partial charge is 0.256 e. The second kappa shape index (κ2) is 8.60. The molecule has 0 saturated carbocycles.